The van der Waals surface area contributed by atoms with Crippen LogP contribution in [0.5, 0.6) is 0 Å². The molecule has 0 radical (unpaired) electrons. The molecule has 0 aliphatic heterocycles. The summed E-state index contributed by atoms with van der Waals surface area (Å²) in [7, 11) is 1.83. The molecule has 2 nitrogen and oxygen atoms in total. The van der Waals surface area contributed by atoms with Crippen LogP contribution < -0.4 is 5.73 Å². The topological polar surface area (TPSA) is 35.2 Å². The molecular formula is C13H27NO. The summed E-state index contributed by atoms with van der Waals surface area (Å²) >= 11 is 0. The quantitative estimate of drug-likeness (QED) is 0.779. The van der Waals surface area contributed by atoms with Gasteiger partial charge in [-0.25, -0.2) is 0 Å². The lowest BCUT2D eigenvalue weighted by Gasteiger charge is -2.42. The number of rotatable bonds is 4. The first-order chi connectivity index (χ1) is 7.05. The maximum Gasteiger partial charge on any atom is 0.0614 e. The zero-order valence-corrected chi connectivity index (χ0v) is 10.8. The second-order valence-corrected chi connectivity index (χ2v) is 5.62. The Morgan fingerprint density at radius 2 is 2.00 bits per heavy atom. The van der Waals surface area contributed by atoms with E-state index >= 15 is 0 Å². The zero-order chi connectivity index (χ0) is 11.5. The van der Waals surface area contributed by atoms with Crippen LogP contribution in [0.4, 0.5) is 0 Å². The molecule has 2 heteroatoms. The van der Waals surface area contributed by atoms with Crippen molar-refractivity contribution in [1.82, 2.24) is 0 Å². The van der Waals surface area contributed by atoms with Gasteiger partial charge in [0.25, 0.3) is 0 Å². The number of methoxy groups -OCH3 is 1. The molecule has 0 bridgehead atoms. The van der Waals surface area contributed by atoms with Gasteiger partial charge in [0.2, 0.25) is 0 Å². The SMILES string of the molecule is CCC(C)(C)C1CCC(CN)C(OC)C1. The molecule has 1 aliphatic rings. The molecule has 15 heavy (non-hydrogen) atoms. The number of hydrogen-bond acceptors (Lipinski definition) is 2. The van der Waals surface area contributed by atoms with Gasteiger partial charge in [-0.05, 0) is 43.1 Å². The van der Waals surface area contributed by atoms with E-state index in [1.54, 1.807) is 0 Å². The first-order valence-corrected chi connectivity index (χ1v) is 6.28. The fourth-order valence-corrected chi connectivity index (χ4v) is 2.75. The summed E-state index contributed by atoms with van der Waals surface area (Å²) in [5.41, 5.74) is 6.23. The maximum atomic E-state index is 5.78. The van der Waals surface area contributed by atoms with Gasteiger partial charge >= 0.3 is 0 Å². The minimum absolute atomic E-state index is 0.388. The van der Waals surface area contributed by atoms with Gasteiger partial charge in [-0.3, -0.25) is 0 Å². The maximum absolute atomic E-state index is 5.78. The lowest BCUT2D eigenvalue weighted by Crippen LogP contribution is -2.39. The van der Waals surface area contributed by atoms with Crippen molar-refractivity contribution in [3.05, 3.63) is 0 Å². The van der Waals surface area contributed by atoms with Gasteiger partial charge in [0, 0.05) is 7.11 Å². The molecular weight excluding hydrogens is 186 g/mol. The summed E-state index contributed by atoms with van der Waals surface area (Å²) in [5.74, 6) is 1.38. The van der Waals surface area contributed by atoms with Gasteiger partial charge in [-0.15, -0.1) is 0 Å². The minimum atomic E-state index is 0.388. The van der Waals surface area contributed by atoms with E-state index in [0.717, 1.165) is 12.5 Å². The van der Waals surface area contributed by atoms with E-state index in [2.05, 4.69) is 20.8 Å². The van der Waals surface area contributed by atoms with Crippen LogP contribution in [0, 0.1) is 17.3 Å². The summed E-state index contributed by atoms with van der Waals surface area (Å²) in [6.07, 6.45) is 5.39. The van der Waals surface area contributed by atoms with Crippen LogP contribution in [0.25, 0.3) is 0 Å². The van der Waals surface area contributed by atoms with E-state index in [1.165, 1.54) is 25.7 Å². The molecule has 1 fully saturated rings. The first-order valence-electron chi connectivity index (χ1n) is 6.28. The Kier molecular flexibility index (Phi) is 4.60. The number of ether oxygens (including phenoxy) is 1. The highest BCUT2D eigenvalue weighted by Crippen LogP contribution is 2.42. The summed E-state index contributed by atoms with van der Waals surface area (Å²) < 4.78 is 5.58. The molecule has 0 aromatic carbocycles. The molecule has 0 aromatic rings. The smallest absolute Gasteiger partial charge is 0.0614 e. The van der Waals surface area contributed by atoms with Gasteiger partial charge in [0.15, 0.2) is 0 Å². The summed E-state index contributed by atoms with van der Waals surface area (Å²) in [4.78, 5) is 0. The van der Waals surface area contributed by atoms with E-state index in [-0.39, 0.29) is 0 Å². The fraction of sp³-hybridized carbons (Fsp3) is 1.00. The standard InChI is InChI=1S/C13H27NO/c1-5-13(2,3)11-7-6-10(9-14)12(8-11)15-4/h10-12H,5-9,14H2,1-4H3. The molecule has 1 aliphatic carbocycles. The average molecular weight is 213 g/mol. The summed E-state index contributed by atoms with van der Waals surface area (Å²) in [5, 5.41) is 0. The normalized spacial score (nSPS) is 33.0. The molecule has 90 valence electrons. The second-order valence-electron chi connectivity index (χ2n) is 5.62. The van der Waals surface area contributed by atoms with Gasteiger partial charge in [0.05, 0.1) is 6.10 Å². The van der Waals surface area contributed by atoms with Gasteiger partial charge < -0.3 is 10.5 Å². The second kappa shape index (κ2) is 5.31. The minimum Gasteiger partial charge on any atom is -0.381 e. The molecule has 0 aromatic heterocycles. The molecule has 0 heterocycles. The van der Waals surface area contributed by atoms with Crippen LogP contribution in [-0.4, -0.2) is 19.8 Å². The lowest BCUT2D eigenvalue weighted by atomic mass is 9.66. The molecule has 1 saturated carbocycles. The van der Waals surface area contributed by atoms with Crippen molar-refractivity contribution in [1.29, 1.82) is 0 Å². The highest BCUT2D eigenvalue weighted by atomic mass is 16.5. The van der Waals surface area contributed by atoms with Crippen molar-refractivity contribution in [2.75, 3.05) is 13.7 Å². The molecule has 1 rings (SSSR count). The Morgan fingerprint density at radius 1 is 1.33 bits per heavy atom. The molecule has 0 saturated heterocycles. The molecule has 0 spiro atoms. The third-order valence-corrected chi connectivity index (χ3v) is 4.55. The van der Waals surface area contributed by atoms with Crippen molar-refractivity contribution >= 4 is 0 Å². The van der Waals surface area contributed by atoms with Crippen LogP contribution >= 0.6 is 0 Å². The molecule has 3 atom stereocenters. The Balaban J connectivity index is 2.60. The Morgan fingerprint density at radius 3 is 2.47 bits per heavy atom. The van der Waals surface area contributed by atoms with Crippen molar-refractivity contribution in [3.63, 3.8) is 0 Å². The largest absolute Gasteiger partial charge is 0.381 e. The number of nitrogens with two attached hydrogens (primary N) is 1. The Hall–Kier alpha value is -0.0800. The van der Waals surface area contributed by atoms with Crippen molar-refractivity contribution in [2.24, 2.45) is 23.0 Å². The highest BCUT2D eigenvalue weighted by molar-refractivity contribution is 4.87. The van der Waals surface area contributed by atoms with E-state index in [1.807, 2.05) is 7.11 Å². The highest BCUT2D eigenvalue weighted by Gasteiger charge is 2.36. The summed E-state index contributed by atoms with van der Waals surface area (Å²) in [6.45, 7) is 7.83. The third-order valence-electron chi connectivity index (χ3n) is 4.55. The third kappa shape index (κ3) is 2.94. The van der Waals surface area contributed by atoms with Crippen LogP contribution in [0.2, 0.25) is 0 Å². The average Bonchev–Trinajstić information content (AvgIpc) is 2.28. The van der Waals surface area contributed by atoms with Crippen molar-refractivity contribution in [2.45, 2.75) is 52.6 Å². The predicted octanol–water partition coefficient (Wildman–Crippen LogP) is 2.81. The van der Waals surface area contributed by atoms with Crippen LogP contribution in [0.15, 0.2) is 0 Å². The molecule has 0 amide bonds. The predicted molar refractivity (Wildman–Crippen MR) is 64.8 cm³/mol. The fourth-order valence-electron chi connectivity index (χ4n) is 2.75. The van der Waals surface area contributed by atoms with Gasteiger partial charge in [-0.2, -0.15) is 0 Å². The monoisotopic (exact) mass is 213 g/mol. The van der Waals surface area contributed by atoms with Crippen LogP contribution in [-0.2, 0) is 4.74 Å². The van der Waals surface area contributed by atoms with Crippen molar-refractivity contribution < 1.29 is 4.74 Å². The molecule has 2 N–H and O–H groups in total. The van der Waals surface area contributed by atoms with Gasteiger partial charge in [-0.1, -0.05) is 27.2 Å². The van der Waals surface area contributed by atoms with Crippen LogP contribution in [0.1, 0.15) is 46.5 Å². The van der Waals surface area contributed by atoms with E-state index in [9.17, 15) is 0 Å². The van der Waals surface area contributed by atoms with Crippen molar-refractivity contribution in [3.8, 4) is 0 Å². The lowest BCUT2D eigenvalue weighted by molar-refractivity contribution is -0.0189. The Bertz CT molecular complexity index is 191. The van der Waals surface area contributed by atoms with E-state index < -0.39 is 0 Å². The first kappa shape index (κ1) is 13.0. The van der Waals surface area contributed by atoms with E-state index in [0.29, 0.717) is 17.4 Å². The number of hydrogen-bond donors (Lipinski definition) is 1. The van der Waals surface area contributed by atoms with Crippen LogP contribution in [0.3, 0.4) is 0 Å². The van der Waals surface area contributed by atoms with Gasteiger partial charge in [0.1, 0.15) is 0 Å². The Labute approximate surface area is 94.6 Å². The summed E-state index contributed by atoms with van der Waals surface area (Å²) in [6, 6.07) is 0. The van der Waals surface area contributed by atoms with E-state index in [4.69, 9.17) is 10.5 Å². The zero-order valence-electron chi connectivity index (χ0n) is 10.8. The molecule has 3 unspecified atom stereocenters.